The Balaban J connectivity index is 2.44. The molecule has 1 aliphatic heterocycles. The number of piperidine rings is 1. The number of hydrogen-bond acceptors (Lipinski definition) is 3. The maximum Gasteiger partial charge on any atom is 0.0220 e. The Morgan fingerprint density at radius 1 is 1.21 bits per heavy atom. The van der Waals surface area contributed by atoms with Crippen LogP contribution in [0.15, 0.2) is 0 Å². The van der Waals surface area contributed by atoms with Crippen molar-refractivity contribution in [3.05, 3.63) is 0 Å². The molecule has 0 amide bonds. The van der Waals surface area contributed by atoms with Gasteiger partial charge in [0.2, 0.25) is 0 Å². The molecular weight excluding hydrogens is 234 g/mol. The molecule has 1 saturated heterocycles. The third-order valence-electron chi connectivity index (χ3n) is 4.24. The summed E-state index contributed by atoms with van der Waals surface area (Å²) in [5.74, 6) is 0. The number of rotatable bonds is 6. The number of nitrogens with one attached hydrogen (secondary N) is 1. The molecule has 0 spiro atoms. The van der Waals surface area contributed by atoms with E-state index < -0.39 is 0 Å². The molecule has 1 atom stereocenters. The lowest BCUT2D eigenvalue weighted by Crippen LogP contribution is -2.51. The molecule has 0 aromatic heterocycles. The summed E-state index contributed by atoms with van der Waals surface area (Å²) in [5, 5.41) is 3.69. The third-order valence-corrected chi connectivity index (χ3v) is 4.24. The quantitative estimate of drug-likeness (QED) is 0.799. The van der Waals surface area contributed by atoms with Crippen LogP contribution in [-0.2, 0) is 0 Å². The molecule has 3 nitrogen and oxygen atoms in total. The predicted molar refractivity (Wildman–Crippen MR) is 84.7 cm³/mol. The molecule has 1 heterocycles. The zero-order valence-corrected chi connectivity index (χ0v) is 14.0. The number of likely N-dealkylation sites (tertiary alicyclic amines) is 1. The average Bonchev–Trinajstić information content (AvgIpc) is 2.33. The van der Waals surface area contributed by atoms with E-state index in [0.29, 0.717) is 6.04 Å². The van der Waals surface area contributed by atoms with Gasteiger partial charge in [-0.05, 0) is 67.2 Å². The van der Waals surface area contributed by atoms with Crippen molar-refractivity contribution >= 4 is 0 Å². The van der Waals surface area contributed by atoms with Crippen LogP contribution in [0.25, 0.3) is 0 Å². The van der Waals surface area contributed by atoms with Crippen LogP contribution in [-0.4, -0.2) is 61.2 Å². The highest BCUT2D eigenvalue weighted by Crippen LogP contribution is 2.18. The lowest BCUT2D eigenvalue weighted by Gasteiger charge is -2.40. The highest BCUT2D eigenvalue weighted by molar-refractivity contribution is 4.84. The lowest BCUT2D eigenvalue weighted by atomic mass is 9.99. The normalized spacial score (nSPS) is 21.0. The average molecular weight is 269 g/mol. The van der Waals surface area contributed by atoms with E-state index in [1.54, 1.807) is 0 Å². The standard InChI is InChI=1S/C16H35N3/c1-7-8-15(13-17-16(2,3)4)19-11-9-14(10-12-19)18(5)6/h14-15,17H,7-13H2,1-6H3. The fourth-order valence-corrected chi connectivity index (χ4v) is 2.94. The largest absolute Gasteiger partial charge is 0.311 e. The first kappa shape index (κ1) is 16.9. The maximum absolute atomic E-state index is 3.69. The Bertz CT molecular complexity index is 237. The molecule has 1 aliphatic rings. The van der Waals surface area contributed by atoms with E-state index in [-0.39, 0.29) is 5.54 Å². The van der Waals surface area contributed by atoms with Gasteiger partial charge in [0.25, 0.3) is 0 Å². The topological polar surface area (TPSA) is 18.5 Å². The lowest BCUT2D eigenvalue weighted by molar-refractivity contribution is 0.0992. The van der Waals surface area contributed by atoms with Gasteiger partial charge in [-0.25, -0.2) is 0 Å². The van der Waals surface area contributed by atoms with Gasteiger partial charge in [-0.3, -0.25) is 4.90 Å². The molecule has 19 heavy (non-hydrogen) atoms. The monoisotopic (exact) mass is 269 g/mol. The van der Waals surface area contributed by atoms with Crippen molar-refractivity contribution in [2.24, 2.45) is 0 Å². The molecule has 0 bridgehead atoms. The summed E-state index contributed by atoms with van der Waals surface area (Å²) in [6.45, 7) is 12.7. The molecule has 0 aromatic carbocycles. The van der Waals surface area contributed by atoms with Crippen LogP contribution in [0.1, 0.15) is 53.4 Å². The molecule has 1 fully saturated rings. The van der Waals surface area contributed by atoms with Gasteiger partial charge in [-0.1, -0.05) is 13.3 Å². The van der Waals surface area contributed by atoms with Crippen LogP contribution in [0.4, 0.5) is 0 Å². The van der Waals surface area contributed by atoms with Gasteiger partial charge in [-0.15, -0.1) is 0 Å². The smallest absolute Gasteiger partial charge is 0.0220 e. The summed E-state index contributed by atoms with van der Waals surface area (Å²) >= 11 is 0. The fourth-order valence-electron chi connectivity index (χ4n) is 2.94. The van der Waals surface area contributed by atoms with Gasteiger partial charge < -0.3 is 10.2 Å². The van der Waals surface area contributed by atoms with Crippen LogP contribution in [0.5, 0.6) is 0 Å². The van der Waals surface area contributed by atoms with Crippen LogP contribution in [0.3, 0.4) is 0 Å². The van der Waals surface area contributed by atoms with E-state index >= 15 is 0 Å². The summed E-state index contributed by atoms with van der Waals surface area (Å²) in [7, 11) is 4.43. The summed E-state index contributed by atoms with van der Waals surface area (Å²) in [6.07, 6.45) is 5.24. The van der Waals surface area contributed by atoms with Gasteiger partial charge in [0, 0.05) is 24.2 Å². The molecule has 1 N–H and O–H groups in total. The number of nitrogens with zero attached hydrogens (tertiary/aromatic N) is 2. The summed E-state index contributed by atoms with van der Waals surface area (Å²) < 4.78 is 0. The second-order valence-electron chi connectivity index (χ2n) is 7.30. The van der Waals surface area contributed by atoms with E-state index in [4.69, 9.17) is 0 Å². The van der Waals surface area contributed by atoms with Gasteiger partial charge >= 0.3 is 0 Å². The minimum atomic E-state index is 0.230. The Hall–Kier alpha value is -0.120. The second kappa shape index (κ2) is 7.61. The van der Waals surface area contributed by atoms with E-state index in [2.05, 4.69) is 56.9 Å². The summed E-state index contributed by atoms with van der Waals surface area (Å²) in [6, 6.07) is 1.50. The highest BCUT2D eigenvalue weighted by Gasteiger charge is 2.26. The van der Waals surface area contributed by atoms with Gasteiger partial charge in [0.05, 0.1) is 0 Å². The molecule has 0 aliphatic carbocycles. The summed E-state index contributed by atoms with van der Waals surface area (Å²) in [4.78, 5) is 5.10. The van der Waals surface area contributed by atoms with E-state index in [1.165, 1.54) is 38.8 Å². The molecule has 114 valence electrons. The van der Waals surface area contributed by atoms with E-state index in [1.807, 2.05) is 0 Å². The fraction of sp³-hybridized carbons (Fsp3) is 1.00. The molecule has 0 saturated carbocycles. The Morgan fingerprint density at radius 2 is 1.79 bits per heavy atom. The SMILES string of the molecule is CCCC(CNC(C)(C)C)N1CCC(N(C)C)CC1. The van der Waals surface area contributed by atoms with Crippen molar-refractivity contribution < 1.29 is 0 Å². The minimum Gasteiger partial charge on any atom is -0.311 e. The Morgan fingerprint density at radius 3 is 2.21 bits per heavy atom. The Labute approximate surface area is 120 Å². The zero-order valence-electron chi connectivity index (χ0n) is 14.0. The molecule has 0 aromatic rings. The van der Waals surface area contributed by atoms with Crippen molar-refractivity contribution in [1.82, 2.24) is 15.1 Å². The van der Waals surface area contributed by atoms with Gasteiger partial charge in [0.15, 0.2) is 0 Å². The Kier molecular flexibility index (Phi) is 6.78. The summed E-state index contributed by atoms with van der Waals surface area (Å²) in [5.41, 5.74) is 0.230. The van der Waals surface area contributed by atoms with Crippen molar-refractivity contribution in [2.45, 2.75) is 71.0 Å². The first-order valence-electron chi connectivity index (χ1n) is 7.99. The van der Waals surface area contributed by atoms with Crippen LogP contribution in [0.2, 0.25) is 0 Å². The molecule has 1 unspecified atom stereocenters. The van der Waals surface area contributed by atoms with E-state index in [0.717, 1.165) is 12.6 Å². The first-order valence-corrected chi connectivity index (χ1v) is 7.99. The van der Waals surface area contributed by atoms with Crippen molar-refractivity contribution in [1.29, 1.82) is 0 Å². The second-order valence-corrected chi connectivity index (χ2v) is 7.30. The molecule has 3 heteroatoms. The predicted octanol–water partition coefficient (Wildman–Crippen LogP) is 2.57. The van der Waals surface area contributed by atoms with Crippen molar-refractivity contribution in [3.8, 4) is 0 Å². The minimum absolute atomic E-state index is 0.230. The zero-order chi connectivity index (χ0) is 14.5. The van der Waals surface area contributed by atoms with Crippen LogP contribution < -0.4 is 5.32 Å². The van der Waals surface area contributed by atoms with E-state index in [9.17, 15) is 0 Å². The third kappa shape index (κ3) is 6.24. The molecule has 0 radical (unpaired) electrons. The first-order chi connectivity index (χ1) is 8.83. The van der Waals surface area contributed by atoms with Crippen LogP contribution >= 0.6 is 0 Å². The van der Waals surface area contributed by atoms with Crippen LogP contribution in [0, 0.1) is 0 Å². The molecular formula is C16H35N3. The van der Waals surface area contributed by atoms with Gasteiger partial charge in [0.1, 0.15) is 0 Å². The van der Waals surface area contributed by atoms with Crippen molar-refractivity contribution in [3.63, 3.8) is 0 Å². The highest BCUT2D eigenvalue weighted by atomic mass is 15.2. The maximum atomic E-state index is 3.69. The van der Waals surface area contributed by atoms with Crippen molar-refractivity contribution in [2.75, 3.05) is 33.7 Å². The molecule has 1 rings (SSSR count). The number of hydrogen-bond donors (Lipinski definition) is 1. The van der Waals surface area contributed by atoms with Gasteiger partial charge in [-0.2, -0.15) is 0 Å².